The Hall–Kier alpha value is -2.89. The highest BCUT2D eigenvalue weighted by Gasteiger charge is 2.36. The van der Waals surface area contributed by atoms with E-state index < -0.39 is 0 Å². The van der Waals surface area contributed by atoms with E-state index in [9.17, 15) is 9.59 Å². The first-order valence-corrected chi connectivity index (χ1v) is 10.5. The zero-order valence-corrected chi connectivity index (χ0v) is 16.6. The fraction of sp³-hybridized carbons (Fsp3) is 0.435. The standard InChI is InChI=1S/C23H25N3O3/c1-2-3-6-21-24-18-11-16(8-9-20(18)29-21)23(28)25-12-15-10-17(14-25)19-5-4-7-22(27)26(19)13-15/h4-5,7-9,11,15,17H,2-3,6,10,12-14H2,1H3/t15-,17-/m0/s1. The quantitative estimate of drug-likeness (QED) is 0.682. The van der Waals surface area contributed by atoms with E-state index in [1.807, 2.05) is 39.8 Å². The number of aromatic nitrogens is 2. The van der Waals surface area contributed by atoms with Crippen molar-refractivity contribution in [1.82, 2.24) is 14.5 Å². The summed E-state index contributed by atoms with van der Waals surface area (Å²) in [5.74, 6) is 1.31. The van der Waals surface area contributed by atoms with E-state index in [1.165, 1.54) is 0 Å². The molecule has 1 aromatic carbocycles. The second-order valence-corrected chi connectivity index (χ2v) is 8.30. The number of pyridine rings is 1. The van der Waals surface area contributed by atoms with Gasteiger partial charge < -0.3 is 13.9 Å². The van der Waals surface area contributed by atoms with Gasteiger partial charge in [0.1, 0.15) is 5.52 Å². The van der Waals surface area contributed by atoms with E-state index in [-0.39, 0.29) is 17.4 Å². The van der Waals surface area contributed by atoms with Crippen LogP contribution in [0.3, 0.4) is 0 Å². The molecule has 0 unspecified atom stereocenters. The molecule has 1 amide bonds. The van der Waals surface area contributed by atoms with Crippen LogP contribution in [0.2, 0.25) is 0 Å². The Kier molecular flexibility index (Phi) is 4.49. The van der Waals surface area contributed by atoms with Crippen molar-refractivity contribution in [3.05, 3.63) is 63.9 Å². The fourth-order valence-corrected chi connectivity index (χ4v) is 4.79. The van der Waals surface area contributed by atoms with Crippen molar-refractivity contribution in [2.45, 2.75) is 45.1 Å². The maximum absolute atomic E-state index is 13.2. The van der Waals surface area contributed by atoms with Crippen LogP contribution >= 0.6 is 0 Å². The van der Waals surface area contributed by atoms with Crippen LogP contribution in [0.1, 0.15) is 54.0 Å². The molecule has 3 aromatic rings. The molecule has 6 nitrogen and oxygen atoms in total. The third kappa shape index (κ3) is 3.26. The fourth-order valence-electron chi connectivity index (χ4n) is 4.79. The molecule has 2 bridgehead atoms. The van der Waals surface area contributed by atoms with E-state index in [1.54, 1.807) is 6.07 Å². The molecule has 2 atom stereocenters. The molecule has 6 heteroatoms. The lowest BCUT2D eigenvalue weighted by molar-refractivity contribution is 0.0594. The Morgan fingerprint density at radius 1 is 1.21 bits per heavy atom. The number of likely N-dealkylation sites (tertiary alicyclic amines) is 1. The van der Waals surface area contributed by atoms with Crippen LogP contribution < -0.4 is 5.56 Å². The van der Waals surface area contributed by atoms with Crippen LogP contribution in [0, 0.1) is 5.92 Å². The molecular weight excluding hydrogens is 366 g/mol. The molecule has 0 N–H and O–H groups in total. The third-order valence-corrected chi connectivity index (χ3v) is 6.19. The average Bonchev–Trinajstić information content (AvgIpc) is 3.14. The van der Waals surface area contributed by atoms with Crippen molar-refractivity contribution in [1.29, 1.82) is 0 Å². The maximum atomic E-state index is 13.2. The summed E-state index contributed by atoms with van der Waals surface area (Å²) in [5, 5.41) is 0. The summed E-state index contributed by atoms with van der Waals surface area (Å²) >= 11 is 0. The SMILES string of the molecule is CCCCc1nc2cc(C(=O)N3C[C@@H]4C[C@@H](C3)c3cccc(=O)n3C4)ccc2o1. The Morgan fingerprint density at radius 2 is 2.10 bits per heavy atom. The summed E-state index contributed by atoms with van der Waals surface area (Å²) in [7, 11) is 0. The van der Waals surface area contributed by atoms with Crippen LogP contribution in [-0.4, -0.2) is 33.4 Å². The second kappa shape index (κ2) is 7.17. The molecule has 2 aliphatic rings. The zero-order valence-electron chi connectivity index (χ0n) is 16.6. The van der Waals surface area contributed by atoms with Gasteiger partial charge in [-0.1, -0.05) is 19.4 Å². The van der Waals surface area contributed by atoms with Crippen LogP contribution in [0.15, 0.2) is 45.6 Å². The van der Waals surface area contributed by atoms with Gasteiger partial charge in [-0.05, 0) is 43.0 Å². The number of aryl methyl sites for hydroxylation is 1. The number of carbonyl (C=O) groups excluding carboxylic acids is 1. The van der Waals surface area contributed by atoms with Gasteiger partial charge in [-0.2, -0.15) is 0 Å². The first kappa shape index (κ1) is 18.2. The molecule has 0 saturated carbocycles. The minimum Gasteiger partial charge on any atom is -0.441 e. The van der Waals surface area contributed by atoms with Crippen molar-refractivity contribution in [3.8, 4) is 0 Å². The molecule has 0 spiro atoms. The smallest absolute Gasteiger partial charge is 0.253 e. The molecule has 4 heterocycles. The lowest BCUT2D eigenvalue weighted by atomic mass is 9.83. The molecule has 2 aromatic heterocycles. The first-order valence-electron chi connectivity index (χ1n) is 10.5. The predicted molar refractivity (Wildman–Crippen MR) is 110 cm³/mol. The van der Waals surface area contributed by atoms with Crippen molar-refractivity contribution in [3.63, 3.8) is 0 Å². The summed E-state index contributed by atoms with van der Waals surface area (Å²) in [6.07, 6.45) is 3.99. The molecule has 150 valence electrons. The van der Waals surface area contributed by atoms with Crippen molar-refractivity contribution in [2.24, 2.45) is 5.92 Å². The molecule has 0 aliphatic carbocycles. The van der Waals surface area contributed by atoms with Gasteiger partial charge in [0.05, 0.1) is 0 Å². The van der Waals surface area contributed by atoms with E-state index >= 15 is 0 Å². The van der Waals surface area contributed by atoms with Gasteiger partial charge in [-0.15, -0.1) is 0 Å². The van der Waals surface area contributed by atoms with Gasteiger partial charge in [0.25, 0.3) is 11.5 Å². The maximum Gasteiger partial charge on any atom is 0.253 e. The topological polar surface area (TPSA) is 68.3 Å². The number of benzene rings is 1. The van der Waals surface area contributed by atoms with Gasteiger partial charge in [0, 0.05) is 49.3 Å². The Morgan fingerprint density at radius 3 is 2.97 bits per heavy atom. The molecule has 0 radical (unpaired) electrons. The van der Waals surface area contributed by atoms with Crippen molar-refractivity contribution < 1.29 is 9.21 Å². The summed E-state index contributed by atoms with van der Waals surface area (Å²) < 4.78 is 7.68. The number of oxazole rings is 1. The normalized spacial score (nSPS) is 20.7. The first-order chi connectivity index (χ1) is 14.1. The number of fused-ring (bicyclic) bond motifs is 5. The summed E-state index contributed by atoms with van der Waals surface area (Å²) in [6, 6.07) is 11.0. The molecule has 1 saturated heterocycles. The number of unbranched alkanes of at least 4 members (excludes halogenated alkanes) is 1. The largest absolute Gasteiger partial charge is 0.441 e. The molecular formula is C23H25N3O3. The predicted octanol–water partition coefficient (Wildman–Crippen LogP) is 3.59. The van der Waals surface area contributed by atoms with Gasteiger partial charge in [0.15, 0.2) is 11.5 Å². The average molecular weight is 391 g/mol. The number of rotatable bonds is 4. The molecule has 5 rings (SSSR count). The van der Waals surface area contributed by atoms with E-state index in [2.05, 4.69) is 11.9 Å². The third-order valence-electron chi connectivity index (χ3n) is 6.19. The van der Waals surface area contributed by atoms with Gasteiger partial charge in [-0.25, -0.2) is 4.98 Å². The summed E-state index contributed by atoms with van der Waals surface area (Å²) in [5.41, 5.74) is 3.25. The van der Waals surface area contributed by atoms with Crippen LogP contribution in [-0.2, 0) is 13.0 Å². The lowest BCUT2D eigenvalue weighted by Gasteiger charge is -2.42. The number of nitrogens with zero attached hydrogens (tertiary/aromatic N) is 3. The minimum absolute atomic E-state index is 0.0337. The molecule has 2 aliphatic heterocycles. The number of hydrogen-bond acceptors (Lipinski definition) is 4. The van der Waals surface area contributed by atoms with Gasteiger partial charge in [-0.3, -0.25) is 9.59 Å². The highest BCUT2D eigenvalue weighted by atomic mass is 16.3. The number of hydrogen-bond donors (Lipinski definition) is 0. The Bertz CT molecular complexity index is 1130. The van der Waals surface area contributed by atoms with E-state index in [4.69, 9.17) is 4.42 Å². The minimum atomic E-state index is 0.0337. The number of piperidine rings is 1. The van der Waals surface area contributed by atoms with E-state index in [0.717, 1.165) is 48.4 Å². The summed E-state index contributed by atoms with van der Waals surface area (Å²) in [6.45, 7) is 4.17. The second-order valence-electron chi connectivity index (χ2n) is 8.30. The van der Waals surface area contributed by atoms with Crippen LogP contribution in [0.4, 0.5) is 0 Å². The number of amides is 1. The monoisotopic (exact) mass is 391 g/mol. The van der Waals surface area contributed by atoms with Crippen molar-refractivity contribution in [2.75, 3.05) is 13.1 Å². The van der Waals surface area contributed by atoms with Crippen LogP contribution in [0.25, 0.3) is 11.1 Å². The van der Waals surface area contributed by atoms with Gasteiger partial charge in [0.2, 0.25) is 0 Å². The highest BCUT2D eigenvalue weighted by molar-refractivity contribution is 5.97. The summed E-state index contributed by atoms with van der Waals surface area (Å²) in [4.78, 5) is 31.9. The Labute approximate surface area is 169 Å². The van der Waals surface area contributed by atoms with Crippen molar-refractivity contribution >= 4 is 17.0 Å². The number of carbonyl (C=O) groups is 1. The zero-order chi connectivity index (χ0) is 20.0. The Balaban J connectivity index is 1.39. The lowest BCUT2D eigenvalue weighted by Crippen LogP contribution is -2.49. The van der Waals surface area contributed by atoms with E-state index in [0.29, 0.717) is 31.1 Å². The molecule has 29 heavy (non-hydrogen) atoms. The van der Waals surface area contributed by atoms with Gasteiger partial charge >= 0.3 is 0 Å². The van der Waals surface area contributed by atoms with Crippen LogP contribution in [0.5, 0.6) is 0 Å². The molecule has 1 fully saturated rings. The highest BCUT2D eigenvalue weighted by Crippen LogP contribution is 2.35.